The SMILES string of the molecule is C=CC(=O)OC1(C2CCOC2)CCC(C2CCC(C3(OC(=O)C(=C)C)CCC(C4CCC(C5(OC(=O)C=C)CCCC5)O4)C3)O2)C1. The number of carbonyl (C=O) groups excluding carboxylic acids is 3. The molecule has 0 spiro atoms. The molecule has 6 aliphatic rings. The van der Waals surface area contributed by atoms with Gasteiger partial charge < -0.3 is 28.4 Å². The van der Waals surface area contributed by atoms with E-state index in [1.54, 1.807) is 6.92 Å². The van der Waals surface area contributed by atoms with Crippen molar-refractivity contribution in [1.82, 2.24) is 0 Å². The van der Waals surface area contributed by atoms with Crippen molar-refractivity contribution >= 4 is 17.9 Å². The fraction of sp³-hybridized carbons (Fsp3) is 0.757. The highest BCUT2D eigenvalue weighted by atomic mass is 16.6. The second-order valence-corrected chi connectivity index (χ2v) is 14.9. The minimum atomic E-state index is -0.748. The molecule has 9 atom stereocenters. The van der Waals surface area contributed by atoms with Gasteiger partial charge in [-0.25, -0.2) is 14.4 Å². The minimum absolute atomic E-state index is 0.00460. The summed E-state index contributed by atoms with van der Waals surface area (Å²) >= 11 is 0. The number of hydrogen-bond acceptors (Lipinski definition) is 9. The summed E-state index contributed by atoms with van der Waals surface area (Å²) in [6.07, 6.45) is 14.8. The van der Waals surface area contributed by atoms with Crippen molar-refractivity contribution in [3.05, 3.63) is 37.5 Å². The molecule has 6 fully saturated rings. The lowest BCUT2D eigenvalue weighted by Gasteiger charge is -2.37. The van der Waals surface area contributed by atoms with Crippen LogP contribution in [-0.2, 0) is 42.8 Å². The Hall–Kier alpha value is -2.49. The predicted molar refractivity (Wildman–Crippen MR) is 170 cm³/mol. The van der Waals surface area contributed by atoms with Gasteiger partial charge in [-0.3, -0.25) is 0 Å². The molecule has 9 unspecified atom stereocenters. The molecule has 254 valence electrons. The lowest BCUT2D eigenvalue weighted by Crippen LogP contribution is -2.46. The van der Waals surface area contributed by atoms with E-state index in [0.717, 1.165) is 83.5 Å². The van der Waals surface area contributed by atoms with E-state index in [1.807, 2.05) is 0 Å². The monoisotopic (exact) mass is 640 g/mol. The third kappa shape index (κ3) is 6.48. The fourth-order valence-corrected chi connectivity index (χ4v) is 9.75. The number of carbonyl (C=O) groups is 3. The van der Waals surface area contributed by atoms with E-state index in [1.165, 1.54) is 12.2 Å². The largest absolute Gasteiger partial charge is 0.456 e. The van der Waals surface area contributed by atoms with E-state index in [9.17, 15) is 14.4 Å². The van der Waals surface area contributed by atoms with Gasteiger partial charge in [-0.15, -0.1) is 0 Å². The molecule has 0 aromatic rings. The molecule has 0 bridgehead atoms. The van der Waals surface area contributed by atoms with Gasteiger partial charge in [0.05, 0.1) is 31.0 Å². The summed E-state index contributed by atoms with van der Waals surface area (Å²) < 4.78 is 37.7. The van der Waals surface area contributed by atoms with Gasteiger partial charge in [0.2, 0.25) is 0 Å². The van der Waals surface area contributed by atoms with Crippen molar-refractivity contribution in [2.75, 3.05) is 13.2 Å². The summed E-state index contributed by atoms with van der Waals surface area (Å²) in [6, 6.07) is 0. The highest BCUT2D eigenvalue weighted by molar-refractivity contribution is 5.87. The van der Waals surface area contributed by atoms with Crippen LogP contribution in [-0.4, -0.2) is 72.3 Å². The molecule has 0 radical (unpaired) electrons. The van der Waals surface area contributed by atoms with Crippen LogP contribution in [0.3, 0.4) is 0 Å². The molecule has 3 saturated heterocycles. The van der Waals surface area contributed by atoms with Gasteiger partial charge in [-0.05, 0) is 115 Å². The first-order chi connectivity index (χ1) is 22.1. The van der Waals surface area contributed by atoms with Gasteiger partial charge in [0, 0.05) is 30.2 Å². The van der Waals surface area contributed by atoms with Crippen molar-refractivity contribution < 1.29 is 42.8 Å². The van der Waals surface area contributed by atoms with E-state index in [0.29, 0.717) is 31.6 Å². The molecule has 3 heterocycles. The van der Waals surface area contributed by atoms with Gasteiger partial charge in [0.15, 0.2) is 0 Å². The fourth-order valence-electron chi connectivity index (χ4n) is 9.75. The van der Waals surface area contributed by atoms with Crippen molar-refractivity contribution in [2.45, 2.75) is 144 Å². The zero-order valence-corrected chi connectivity index (χ0v) is 27.5. The topological polar surface area (TPSA) is 107 Å². The summed E-state index contributed by atoms with van der Waals surface area (Å²) in [6.45, 7) is 14.1. The van der Waals surface area contributed by atoms with Crippen molar-refractivity contribution in [1.29, 1.82) is 0 Å². The van der Waals surface area contributed by atoms with Gasteiger partial charge in [-0.2, -0.15) is 0 Å². The lowest BCUT2D eigenvalue weighted by molar-refractivity contribution is -0.178. The molecule has 0 N–H and O–H groups in total. The Bertz CT molecular complexity index is 1200. The van der Waals surface area contributed by atoms with Crippen LogP contribution in [0.5, 0.6) is 0 Å². The summed E-state index contributed by atoms with van der Waals surface area (Å²) in [5.74, 6) is -0.515. The molecule has 0 aromatic heterocycles. The van der Waals surface area contributed by atoms with E-state index < -0.39 is 16.8 Å². The molecule has 0 amide bonds. The predicted octanol–water partition coefficient (Wildman–Crippen LogP) is 6.09. The van der Waals surface area contributed by atoms with Gasteiger partial charge in [0.1, 0.15) is 16.8 Å². The maximum absolute atomic E-state index is 13.1. The van der Waals surface area contributed by atoms with E-state index in [4.69, 9.17) is 28.4 Å². The first kappa shape index (κ1) is 33.4. The van der Waals surface area contributed by atoms with E-state index >= 15 is 0 Å². The average molecular weight is 641 g/mol. The Kier molecular flexibility index (Phi) is 9.85. The van der Waals surface area contributed by atoms with Crippen LogP contribution in [0.1, 0.15) is 103 Å². The van der Waals surface area contributed by atoms with Gasteiger partial charge >= 0.3 is 17.9 Å². The van der Waals surface area contributed by atoms with E-state index in [-0.39, 0.29) is 60.1 Å². The van der Waals surface area contributed by atoms with Crippen LogP contribution in [0.2, 0.25) is 0 Å². The average Bonchev–Trinajstić information content (AvgIpc) is 3.88. The minimum Gasteiger partial charge on any atom is -0.456 e. The van der Waals surface area contributed by atoms with Crippen LogP contribution in [0, 0.1) is 17.8 Å². The number of hydrogen-bond donors (Lipinski definition) is 0. The highest BCUT2D eigenvalue weighted by Gasteiger charge is 2.58. The Labute approximate surface area is 273 Å². The van der Waals surface area contributed by atoms with E-state index in [2.05, 4.69) is 19.7 Å². The summed E-state index contributed by atoms with van der Waals surface area (Å²) in [7, 11) is 0. The summed E-state index contributed by atoms with van der Waals surface area (Å²) in [5, 5.41) is 0. The maximum Gasteiger partial charge on any atom is 0.333 e. The standard InChI is InChI=1S/C37H52O9/c1-5-32(38)44-35(16-7-8-17-35)30-11-9-29(42-30)26-14-19-37(22-26,46-34(40)24(3)4)31-12-10-28(43-31)25-13-18-36(21-25,45-33(39)6-2)27-15-20-41-23-27/h5-6,25-31H,1-3,7-23H2,4H3. The molecule has 9 nitrogen and oxygen atoms in total. The molecule has 3 aliphatic heterocycles. The molecule has 3 saturated carbocycles. The van der Waals surface area contributed by atoms with Gasteiger partial charge in [-0.1, -0.05) is 19.7 Å². The summed E-state index contributed by atoms with van der Waals surface area (Å²) in [4.78, 5) is 37.7. The summed E-state index contributed by atoms with van der Waals surface area (Å²) in [5.41, 5.74) is -1.50. The number of ether oxygens (including phenoxy) is 6. The molecule has 6 rings (SSSR count). The van der Waals surface area contributed by atoms with Crippen LogP contribution < -0.4 is 0 Å². The third-order valence-corrected chi connectivity index (χ3v) is 12.1. The second kappa shape index (κ2) is 13.6. The first-order valence-corrected chi connectivity index (χ1v) is 17.6. The molecule has 46 heavy (non-hydrogen) atoms. The third-order valence-electron chi connectivity index (χ3n) is 12.1. The van der Waals surface area contributed by atoms with Crippen molar-refractivity contribution in [3.8, 4) is 0 Å². The molecule has 9 heteroatoms. The zero-order chi connectivity index (χ0) is 32.5. The molecular weight excluding hydrogens is 588 g/mol. The molecule has 0 aromatic carbocycles. The van der Waals surface area contributed by atoms with Crippen LogP contribution in [0.25, 0.3) is 0 Å². The highest BCUT2D eigenvalue weighted by Crippen LogP contribution is 2.53. The Morgan fingerprint density at radius 3 is 1.78 bits per heavy atom. The van der Waals surface area contributed by atoms with Crippen LogP contribution in [0.15, 0.2) is 37.5 Å². The number of esters is 3. The van der Waals surface area contributed by atoms with Crippen molar-refractivity contribution in [3.63, 3.8) is 0 Å². The zero-order valence-electron chi connectivity index (χ0n) is 27.5. The normalized spacial score (nSPS) is 40.1. The quantitative estimate of drug-likeness (QED) is 0.151. The smallest absolute Gasteiger partial charge is 0.333 e. The van der Waals surface area contributed by atoms with Gasteiger partial charge in [0.25, 0.3) is 0 Å². The maximum atomic E-state index is 13.1. The van der Waals surface area contributed by atoms with Crippen molar-refractivity contribution in [2.24, 2.45) is 17.8 Å². The second-order valence-electron chi connectivity index (χ2n) is 14.9. The number of rotatable bonds is 11. The molecular formula is C37H52O9. The molecule has 3 aliphatic carbocycles. The lowest BCUT2D eigenvalue weighted by atomic mass is 9.83. The first-order valence-electron chi connectivity index (χ1n) is 17.6. The van der Waals surface area contributed by atoms with Crippen LogP contribution in [0.4, 0.5) is 0 Å². The van der Waals surface area contributed by atoms with Crippen LogP contribution >= 0.6 is 0 Å². The Morgan fingerprint density at radius 1 is 0.696 bits per heavy atom. The Balaban J connectivity index is 1.14. The Morgan fingerprint density at radius 2 is 1.24 bits per heavy atom.